The van der Waals surface area contributed by atoms with Gasteiger partial charge in [-0.3, -0.25) is 14.5 Å². The first-order chi connectivity index (χ1) is 15.1. The van der Waals surface area contributed by atoms with Crippen molar-refractivity contribution in [2.45, 2.75) is 99.1 Å². The molecule has 0 radical (unpaired) electrons. The van der Waals surface area contributed by atoms with Gasteiger partial charge >= 0.3 is 18.0 Å². The van der Waals surface area contributed by atoms with Crippen molar-refractivity contribution < 1.29 is 33.4 Å². The van der Waals surface area contributed by atoms with Crippen LogP contribution in [0.2, 0.25) is 0 Å². The van der Waals surface area contributed by atoms with Crippen LogP contribution in [0.3, 0.4) is 0 Å². The summed E-state index contributed by atoms with van der Waals surface area (Å²) < 4.78 is 14.0. The van der Waals surface area contributed by atoms with E-state index in [1.165, 1.54) is 21.6 Å². The van der Waals surface area contributed by atoms with Gasteiger partial charge in [0, 0.05) is 0 Å². The summed E-state index contributed by atoms with van der Waals surface area (Å²) in [7, 11) is 0. The minimum atomic E-state index is -1.87. The zero-order valence-electron chi connectivity index (χ0n) is 20.4. The Morgan fingerprint density at radius 2 is 1.56 bits per heavy atom. The predicted molar refractivity (Wildman–Crippen MR) is 130 cm³/mol. The second-order valence-corrected chi connectivity index (χ2v) is 14.8. The summed E-state index contributed by atoms with van der Waals surface area (Å²) in [4.78, 5) is 53.4. The Morgan fingerprint density at radius 3 is 2.03 bits per heavy atom. The zero-order chi connectivity index (χ0) is 26.4. The summed E-state index contributed by atoms with van der Waals surface area (Å²) in [5.41, 5.74) is -1.56. The lowest BCUT2D eigenvalue weighted by molar-refractivity contribution is -0.173. The van der Waals surface area contributed by atoms with Crippen LogP contribution in [-0.4, -0.2) is 77.7 Å². The highest BCUT2D eigenvalue weighted by atomic mass is 35.6. The number of esters is 2. The molecule has 34 heavy (non-hydrogen) atoms. The van der Waals surface area contributed by atoms with Crippen molar-refractivity contribution >= 4 is 70.5 Å². The summed E-state index contributed by atoms with van der Waals surface area (Å²) in [5.74, 6) is -2.14. The van der Waals surface area contributed by atoms with Crippen LogP contribution in [0.15, 0.2) is 0 Å². The molecule has 2 rings (SSSR count). The van der Waals surface area contributed by atoms with Crippen LogP contribution in [0.25, 0.3) is 0 Å². The van der Waals surface area contributed by atoms with Crippen LogP contribution >= 0.6 is 46.6 Å². The molecule has 0 aromatic heterocycles. The lowest BCUT2D eigenvalue weighted by Crippen LogP contribution is -2.71. The van der Waals surface area contributed by atoms with Crippen LogP contribution in [0.4, 0.5) is 4.79 Å². The van der Waals surface area contributed by atoms with Gasteiger partial charge in [-0.05, 0) is 55.4 Å². The number of amides is 2. The Labute approximate surface area is 219 Å². The van der Waals surface area contributed by atoms with Crippen molar-refractivity contribution in [2.24, 2.45) is 0 Å². The molecule has 0 saturated carbocycles. The SMILES string of the molecule is CC(C)(C)OC(=O)CC(C(=O)OCC(Cl)(Cl)Cl)N1C(=O)C2C1SC(C)(C)N2C(=O)OC(C)(C)C. The normalized spacial score (nSPS) is 23.1. The number of halogens is 3. The number of thioether (sulfide) groups is 1. The number of alkyl halides is 3. The van der Waals surface area contributed by atoms with E-state index < -0.39 is 74.3 Å². The lowest BCUT2D eigenvalue weighted by Gasteiger charge is -2.47. The second-order valence-electron chi connectivity index (χ2n) is 10.5. The lowest BCUT2D eigenvalue weighted by atomic mass is 9.99. The molecule has 13 heteroatoms. The molecule has 9 nitrogen and oxygen atoms in total. The van der Waals surface area contributed by atoms with Gasteiger partial charge in [0.05, 0.1) is 11.3 Å². The van der Waals surface area contributed by atoms with E-state index >= 15 is 0 Å². The Morgan fingerprint density at radius 1 is 1.03 bits per heavy atom. The van der Waals surface area contributed by atoms with Crippen molar-refractivity contribution in [3.05, 3.63) is 0 Å². The van der Waals surface area contributed by atoms with Crippen LogP contribution in [-0.2, 0) is 28.6 Å². The molecule has 0 bridgehead atoms. The van der Waals surface area contributed by atoms with Gasteiger partial charge in [-0.25, -0.2) is 9.59 Å². The van der Waals surface area contributed by atoms with E-state index in [2.05, 4.69) is 0 Å². The largest absolute Gasteiger partial charge is 0.460 e. The topological polar surface area (TPSA) is 102 Å². The van der Waals surface area contributed by atoms with Crippen molar-refractivity contribution in [3.8, 4) is 0 Å². The number of fused-ring (bicyclic) bond motifs is 1. The molecule has 0 spiro atoms. The van der Waals surface area contributed by atoms with Gasteiger partial charge in [0.15, 0.2) is 0 Å². The van der Waals surface area contributed by atoms with E-state index in [0.29, 0.717) is 0 Å². The third-order valence-corrected chi connectivity index (χ3v) is 6.50. The van der Waals surface area contributed by atoms with E-state index in [4.69, 9.17) is 49.0 Å². The number of ether oxygens (including phenoxy) is 3. The van der Waals surface area contributed by atoms with Crippen molar-refractivity contribution in [1.82, 2.24) is 9.80 Å². The summed E-state index contributed by atoms with van der Waals surface area (Å²) in [6.45, 7) is 13.2. The number of hydrogen-bond donors (Lipinski definition) is 0. The van der Waals surface area contributed by atoms with Gasteiger partial charge in [0.1, 0.15) is 35.3 Å². The minimum absolute atomic E-state index is 0.460. The van der Waals surface area contributed by atoms with E-state index in [1.54, 1.807) is 55.4 Å². The number of hydrogen-bond acceptors (Lipinski definition) is 8. The first-order valence-electron chi connectivity index (χ1n) is 10.6. The number of likely N-dealkylation sites (tertiary alicyclic amines) is 1. The highest BCUT2D eigenvalue weighted by Crippen LogP contribution is 2.52. The summed E-state index contributed by atoms with van der Waals surface area (Å²) in [5, 5.41) is -0.609. The summed E-state index contributed by atoms with van der Waals surface area (Å²) in [6, 6.07) is -2.19. The quantitative estimate of drug-likeness (QED) is 0.212. The molecule has 3 atom stereocenters. The average molecular weight is 562 g/mol. The summed E-state index contributed by atoms with van der Waals surface area (Å²) in [6.07, 6.45) is -1.11. The van der Waals surface area contributed by atoms with Gasteiger partial charge in [-0.2, -0.15) is 0 Å². The molecule has 0 N–H and O–H groups in total. The molecule has 0 aromatic carbocycles. The maximum absolute atomic E-state index is 13.3. The summed E-state index contributed by atoms with van der Waals surface area (Å²) >= 11 is 18.3. The second kappa shape index (κ2) is 9.75. The van der Waals surface area contributed by atoms with Gasteiger partial charge in [0.2, 0.25) is 9.70 Å². The van der Waals surface area contributed by atoms with Gasteiger partial charge < -0.3 is 19.1 Å². The number of β-lactam (4-membered cyclic amide) rings is 1. The predicted octanol–water partition coefficient (Wildman–Crippen LogP) is 4.26. The number of carbonyl (C=O) groups is 4. The molecule has 2 saturated heterocycles. The maximum Gasteiger partial charge on any atom is 0.412 e. The van der Waals surface area contributed by atoms with Gasteiger partial charge in [-0.1, -0.05) is 34.8 Å². The van der Waals surface area contributed by atoms with Crippen LogP contribution in [0.5, 0.6) is 0 Å². The smallest absolute Gasteiger partial charge is 0.412 e. The zero-order valence-corrected chi connectivity index (χ0v) is 23.5. The maximum atomic E-state index is 13.3. The first kappa shape index (κ1) is 29.1. The highest BCUT2D eigenvalue weighted by molar-refractivity contribution is 8.01. The molecule has 0 aliphatic carbocycles. The Bertz CT molecular complexity index is 849. The molecule has 2 heterocycles. The van der Waals surface area contributed by atoms with Crippen LogP contribution in [0, 0.1) is 0 Å². The minimum Gasteiger partial charge on any atom is -0.460 e. The third-order valence-electron chi connectivity index (χ3n) is 4.68. The van der Waals surface area contributed by atoms with Crippen LogP contribution < -0.4 is 0 Å². The Hall–Kier alpha value is -1.10. The van der Waals surface area contributed by atoms with Crippen molar-refractivity contribution in [1.29, 1.82) is 0 Å². The fourth-order valence-corrected chi connectivity index (χ4v) is 5.37. The molecule has 2 amide bonds. The standard InChI is InChI=1S/C21H31Cl3N2O7S/c1-18(2,3)32-12(27)9-11(16(29)31-10-21(22,23)24)25-14(28)13-15(25)34-20(7,8)26(13)17(30)33-19(4,5)6/h11,13,15H,9-10H2,1-8H3. The molecular formula is C21H31Cl3N2O7S. The molecule has 0 aromatic rings. The number of nitrogens with zero attached hydrogens (tertiary/aromatic N) is 2. The Balaban J connectivity index is 2.30. The van der Waals surface area contributed by atoms with Gasteiger partial charge in [0.25, 0.3) is 0 Å². The van der Waals surface area contributed by atoms with Crippen molar-refractivity contribution in [3.63, 3.8) is 0 Å². The van der Waals surface area contributed by atoms with E-state index in [-0.39, 0.29) is 0 Å². The fraction of sp³-hybridized carbons (Fsp3) is 0.810. The molecule has 2 fully saturated rings. The molecule has 2 aliphatic heterocycles. The van der Waals surface area contributed by atoms with E-state index in [9.17, 15) is 19.2 Å². The highest BCUT2D eigenvalue weighted by Gasteiger charge is 2.66. The third kappa shape index (κ3) is 7.21. The number of rotatable bonds is 5. The first-order valence-corrected chi connectivity index (χ1v) is 12.6. The van der Waals surface area contributed by atoms with E-state index in [0.717, 1.165) is 0 Å². The monoisotopic (exact) mass is 560 g/mol. The molecular weight excluding hydrogens is 531 g/mol. The Kier molecular flexibility index (Phi) is 8.35. The molecule has 3 unspecified atom stereocenters. The fourth-order valence-electron chi connectivity index (χ4n) is 3.58. The van der Waals surface area contributed by atoms with Crippen LogP contribution in [0.1, 0.15) is 61.8 Å². The van der Waals surface area contributed by atoms with Crippen molar-refractivity contribution in [2.75, 3.05) is 6.61 Å². The van der Waals surface area contributed by atoms with Gasteiger partial charge in [-0.15, -0.1) is 11.8 Å². The molecule has 2 aliphatic rings. The average Bonchev–Trinajstić information content (AvgIpc) is 2.83. The van der Waals surface area contributed by atoms with E-state index in [1.807, 2.05) is 0 Å². The number of carbonyl (C=O) groups excluding carboxylic acids is 4. The molecule has 194 valence electrons.